The molecule has 1 amide bonds. The van der Waals surface area contributed by atoms with Gasteiger partial charge in [0.05, 0.1) is 11.7 Å². The first-order valence-corrected chi connectivity index (χ1v) is 5.67. The Morgan fingerprint density at radius 3 is 2.29 bits per heavy atom. The average molecular weight is 235 g/mol. The van der Waals surface area contributed by atoms with E-state index in [4.69, 9.17) is 0 Å². The van der Waals surface area contributed by atoms with E-state index in [-0.39, 0.29) is 12.1 Å². The maximum atomic E-state index is 12.0. The van der Waals surface area contributed by atoms with E-state index >= 15 is 0 Å². The van der Waals surface area contributed by atoms with E-state index < -0.39 is 0 Å². The van der Waals surface area contributed by atoms with Crippen LogP contribution in [0.5, 0.6) is 0 Å². The molecule has 0 aliphatic rings. The standard InChI is InChI=1S/C13H21N3O/c1-10(15(2)3)14-12-9-7-6-8-11(12)13(17)16(4)5/h6-10,14H,1-5H3. The number of nitrogens with one attached hydrogen (secondary N) is 1. The minimum Gasteiger partial charge on any atom is -0.369 e. The second kappa shape index (κ2) is 5.68. The third kappa shape index (κ3) is 3.46. The molecule has 1 unspecified atom stereocenters. The number of benzene rings is 1. The van der Waals surface area contributed by atoms with Gasteiger partial charge in [-0.25, -0.2) is 0 Å². The Morgan fingerprint density at radius 1 is 1.18 bits per heavy atom. The number of carbonyl (C=O) groups excluding carboxylic acids is 1. The van der Waals surface area contributed by atoms with Crippen molar-refractivity contribution in [1.82, 2.24) is 9.80 Å². The summed E-state index contributed by atoms with van der Waals surface area (Å²) in [5, 5.41) is 3.32. The highest BCUT2D eigenvalue weighted by atomic mass is 16.2. The van der Waals surface area contributed by atoms with Crippen molar-refractivity contribution in [3.05, 3.63) is 29.8 Å². The van der Waals surface area contributed by atoms with Crippen LogP contribution in [0.25, 0.3) is 0 Å². The van der Waals surface area contributed by atoms with Crippen LogP contribution in [0, 0.1) is 0 Å². The molecule has 94 valence electrons. The Labute approximate surface area is 103 Å². The van der Waals surface area contributed by atoms with Crippen LogP contribution in [0.15, 0.2) is 24.3 Å². The SMILES string of the molecule is CC(Nc1ccccc1C(=O)N(C)C)N(C)C. The van der Waals surface area contributed by atoms with Gasteiger partial charge < -0.3 is 10.2 Å². The van der Waals surface area contributed by atoms with Crippen molar-refractivity contribution in [2.75, 3.05) is 33.5 Å². The van der Waals surface area contributed by atoms with E-state index in [1.807, 2.05) is 38.4 Å². The highest BCUT2D eigenvalue weighted by Crippen LogP contribution is 2.17. The van der Waals surface area contributed by atoms with Crippen LogP contribution in [-0.4, -0.2) is 50.1 Å². The summed E-state index contributed by atoms with van der Waals surface area (Å²) in [7, 11) is 7.51. The van der Waals surface area contributed by atoms with Gasteiger partial charge in [0.25, 0.3) is 5.91 Å². The number of nitrogens with zero attached hydrogens (tertiary/aromatic N) is 2. The smallest absolute Gasteiger partial charge is 0.255 e. The van der Waals surface area contributed by atoms with Crippen LogP contribution in [0.2, 0.25) is 0 Å². The second-order valence-electron chi connectivity index (χ2n) is 4.53. The monoisotopic (exact) mass is 235 g/mol. The van der Waals surface area contributed by atoms with Gasteiger partial charge in [0.2, 0.25) is 0 Å². The Kier molecular flexibility index (Phi) is 4.52. The predicted octanol–water partition coefficient (Wildman–Crippen LogP) is 1.71. The first kappa shape index (κ1) is 13.5. The van der Waals surface area contributed by atoms with Gasteiger partial charge in [0.15, 0.2) is 0 Å². The molecule has 0 radical (unpaired) electrons. The quantitative estimate of drug-likeness (QED) is 0.807. The van der Waals surface area contributed by atoms with Gasteiger partial charge in [-0.3, -0.25) is 9.69 Å². The Morgan fingerprint density at radius 2 is 1.76 bits per heavy atom. The topological polar surface area (TPSA) is 35.6 Å². The highest BCUT2D eigenvalue weighted by Gasteiger charge is 2.14. The summed E-state index contributed by atoms with van der Waals surface area (Å²) < 4.78 is 0. The fourth-order valence-corrected chi connectivity index (χ4v) is 1.39. The molecular weight excluding hydrogens is 214 g/mol. The lowest BCUT2D eigenvalue weighted by Crippen LogP contribution is -2.33. The van der Waals surface area contributed by atoms with E-state index in [1.54, 1.807) is 19.0 Å². The molecule has 0 heterocycles. The molecule has 0 aliphatic heterocycles. The zero-order chi connectivity index (χ0) is 13.0. The van der Waals surface area contributed by atoms with E-state index in [2.05, 4.69) is 17.1 Å². The van der Waals surface area contributed by atoms with Crippen LogP contribution in [0.1, 0.15) is 17.3 Å². The fourth-order valence-electron chi connectivity index (χ4n) is 1.39. The molecule has 0 saturated heterocycles. The second-order valence-corrected chi connectivity index (χ2v) is 4.53. The van der Waals surface area contributed by atoms with Gasteiger partial charge in [-0.2, -0.15) is 0 Å². The summed E-state index contributed by atoms with van der Waals surface area (Å²) >= 11 is 0. The molecule has 1 N–H and O–H groups in total. The predicted molar refractivity (Wildman–Crippen MR) is 71.2 cm³/mol. The molecule has 0 aromatic heterocycles. The molecule has 17 heavy (non-hydrogen) atoms. The number of hydrogen-bond donors (Lipinski definition) is 1. The lowest BCUT2D eigenvalue weighted by Gasteiger charge is -2.24. The fraction of sp³-hybridized carbons (Fsp3) is 0.462. The summed E-state index contributed by atoms with van der Waals surface area (Å²) in [6, 6.07) is 7.57. The molecule has 0 saturated carbocycles. The van der Waals surface area contributed by atoms with Gasteiger partial charge in [0.1, 0.15) is 0 Å². The largest absolute Gasteiger partial charge is 0.369 e. The molecule has 4 nitrogen and oxygen atoms in total. The number of amides is 1. The van der Waals surface area contributed by atoms with Crippen molar-refractivity contribution >= 4 is 11.6 Å². The summed E-state index contributed by atoms with van der Waals surface area (Å²) in [5.41, 5.74) is 1.57. The Hall–Kier alpha value is -1.55. The molecule has 1 aromatic rings. The minimum atomic E-state index is 0.0130. The normalized spacial score (nSPS) is 12.4. The van der Waals surface area contributed by atoms with Crippen molar-refractivity contribution in [2.45, 2.75) is 13.1 Å². The Bertz CT molecular complexity index is 388. The van der Waals surface area contributed by atoms with Gasteiger partial charge in [0, 0.05) is 19.8 Å². The lowest BCUT2D eigenvalue weighted by molar-refractivity contribution is 0.0828. The van der Waals surface area contributed by atoms with Gasteiger partial charge in [-0.15, -0.1) is 0 Å². The zero-order valence-electron chi connectivity index (χ0n) is 11.2. The lowest BCUT2D eigenvalue weighted by atomic mass is 10.1. The van der Waals surface area contributed by atoms with Crippen molar-refractivity contribution in [2.24, 2.45) is 0 Å². The third-order valence-corrected chi connectivity index (χ3v) is 2.70. The number of carbonyl (C=O) groups is 1. The maximum absolute atomic E-state index is 12.0. The molecule has 0 aliphatic carbocycles. The van der Waals surface area contributed by atoms with Crippen LogP contribution in [0.4, 0.5) is 5.69 Å². The maximum Gasteiger partial charge on any atom is 0.255 e. The highest BCUT2D eigenvalue weighted by molar-refractivity contribution is 5.99. The average Bonchev–Trinajstić information content (AvgIpc) is 2.28. The van der Waals surface area contributed by atoms with Crippen LogP contribution in [0.3, 0.4) is 0 Å². The summed E-state index contributed by atoms with van der Waals surface area (Å²) in [4.78, 5) is 15.6. The van der Waals surface area contributed by atoms with Crippen molar-refractivity contribution in [3.63, 3.8) is 0 Å². The van der Waals surface area contributed by atoms with Crippen molar-refractivity contribution in [1.29, 1.82) is 0 Å². The van der Waals surface area contributed by atoms with Crippen molar-refractivity contribution in [3.8, 4) is 0 Å². The van der Waals surface area contributed by atoms with E-state index in [0.29, 0.717) is 5.56 Å². The first-order chi connectivity index (χ1) is 7.93. The van der Waals surface area contributed by atoms with E-state index in [9.17, 15) is 4.79 Å². The van der Waals surface area contributed by atoms with Crippen LogP contribution < -0.4 is 5.32 Å². The van der Waals surface area contributed by atoms with E-state index in [0.717, 1.165) is 5.69 Å². The molecule has 4 heteroatoms. The number of rotatable bonds is 4. The minimum absolute atomic E-state index is 0.0130. The molecule has 0 spiro atoms. The number of para-hydroxylation sites is 1. The van der Waals surface area contributed by atoms with Gasteiger partial charge >= 0.3 is 0 Å². The summed E-state index contributed by atoms with van der Waals surface area (Å²) in [6.45, 7) is 2.05. The van der Waals surface area contributed by atoms with Crippen molar-refractivity contribution < 1.29 is 4.79 Å². The van der Waals surface area contributed by atoms with E-state index in [1.165, 1.54) is 0 Å². The Balaban J connectivity index is 2.96. The number of hydrogen-bond acceptors (Lipinski definition) is 3. The molecule has 0 bridgehead atoms. The van der Waals surface area contributed by atoms with Crippen LogP contribution in [-0.2, 0) is 0 Å². The first-order valence-electron chi connectivity index (χ1n) is 5.67. The summed E-state index contributed by atoms with van der Waals surface area (Å²) in [6.07, 6.45) is 0.172. The molecule has 0 fully saturated rings. The van der Waals surface area contributed by atoms with Gasteiger partial charge in [-0.05, 0) is 33.2 Å². The molecule has 1 aromatic carbocycles. The third-order valence-electron chi connectivity index (χ3n) is 2.70. The van der Waals surface area contributed by atoms with Crippen LogP contribution >= 0.6 is 0 Å². The molecule has 1 rings (SSSR count). The zero-order valence-corrected chi connectivity index (χ0v) is 11.2. The molecule has 1 atom stereocenters. The molecular formula is C13H21N3O. The van der Waals surface area contributed by atoms with Gasteiger partial charge in [-0.1, -0.05) is 12.1 Å². The summed E-state index contributed by atoms with van der Waals surface area (Å²) in [5.74, 6) is 0.0130. The number of anilines is 1.